The van der Waals surface area contributed by atoms with Crippen molar-refractivity contribution in [3.8, 4) is 11.5 Å². The first-order chi connectivity index (χ1) is 19.3. The van der Waals surface area contributed by atoms with E-state index in [4.69, 9.17) is 21.1 Å². The average Bonchev–Trinajstić information content (AvgIpc) is 2.96. The first-order valence-electron chi connectivity index (χ1n) is 12.3. The lowest BCUT2D eigenvalue weighted by Crippen LogP contribution is -2.39. The van der Waals surface area contributed by atoms with Crippen LogP contribution < -0.4 is 19.2 Å². The van der Waals surface area contributed by atoms with E-state index in [2.05, 4.69) is 10.5 Å². The Morgan fingerprint density at radius 3 is 2.38 bits per heavy atom. The summed E-state index contributed by atoms with van der Waals surface area (Å²) in [5, 5.41) is 4.33. The van der Waals surface area contributed by atoms with Crippen molar-refractivity contribution in [2.45, 2.75) is 18.4 Å². The molecule has 0 fully saturated rings. The molecule has 0 aromatic heterocycles. The SMILES string of the molecule is COc1ccc(Cl)cc1N(CC(=O)N/N=C\c1ccccc1OCc1ccccc1)S(=O)(=O)c1ccc(C)cc1. The zero-order valence-electron chi connectivity index (χ0n) is 22.0. The monoisotopic (exact) mass is 577 g/mol. The van der Waals surface area contributed by atoms with E-state index in [9.17, 15) is 13.2 Å². The van der Waals surface area contributed by atoms with Crippen LogP contribution in [-0.2, 0) is 21.4 Å². The van der Waals surface area contributed by atoms with Gasteiger partial charge >= 0.3 is 0 Å². The molecule has 0 heterocycles. The lowest BCUT2D eigenvalue weighted by molar-refractivity contribution is -0.119. The van der Waals surface area contributed by atoms with Crippen molar-refractivity contribution in [1.29, 1.82) is 0 Å². The Bertz CT molecular complexity index is 1590. The van der Waals surface area contributed by atoms with Gasteiger partial charge < -0.3 is 9.47 Å². The molecule has 1 N–H and O–H groups in total. The molecule has 0 aliphatic carbocycles. The number of para-hydroxylation sites is 1. The minimum Gasteiger partial charge on any atom is -0.495 e. The minimum absolute atomic E-state index is 0.0147. The van der Waals surface area contributed by atoms with Gasteiger partial charge in [0.05, 0.1) is 23.9 Å². The van der Waals surface area contributed by atoms with Gasteiger partial charge in [-0.25, -0.2) is 13.8 Å². The smallest absolute Gasteiger partial charge is 0.264 e. The van der Waals surface area contributed by atoms with Gasteiger partial charge in [0.25, 0.3) is 15.9 Å². The van der Waals surface area contributed by atoms with Crippen LogP contribution in [-0.4, -0.2) is 34.2 Å². The number of hydrazone groups is 1. The molecule has 0 unspecified atom stereocenters. The Balaban J connectivity index is 1.54. The molecule has 0 saturated heterocycles. The van der Waals surface area contributed by atoms with Gasteiger partial charge in [-0.3, -0.25) is 9.10 Å². The van der Waals surface area contributed by atoms with Gasteiger partial charge in [-0.1, -0.05) is 71.8 Å². The summed E-state index contributed by atoms with van der Waals surface area (Å²) in [6.45, 7) is 1.65. The van der Waals surface area contributed by atoms with Crippen molar-refractivity contribution in [3.05, 3.63) is 119 Å². The molecule has 10 heteroatoms. The number of sulfonamides is 1. The van der Waals surface area contributed by atoms with Gasteiger partial charge in [0, 0.05) is 10.6 Å². The molecule has 4 aromatic carbocycles. The summed E-state index contributed by atoms with van der Waals surface area (Å²) in [4.78, 5) is 13.0. The predicted octanol–water partition coefficient (Wildman–Crippen LogP) is 5.58. The lowest BCUT2D eigenvalue weighted by Gasteiger charge is -2.25. The second-order valence-corrected chi connectivity index (χ2v) is 11.0. The van der Waals surface area contributed by atoms with Crippen LogP contribution in [0.1, 0.15) is 16.7 Å². The van der Waals surface area contributed by atoms with Gasteiger partial charge in [0.1, 0.15) is 24.7 Å². The maximum Gasteiger partial charge on any atom is 0.264 e. The number of anilines is 1. The predicted molar refractivity (Wildman–Crippen MR) is 157 cm³/mol. The number of hydrogen-bond acceptors (Lipinski definition) is 6. The number of methoxy groups -OCH3 is 1. The number of carbonyl (C=O) groups excluding carboxylic acids is 1. The Labute approximate surface area is 238 Å². The van der Waals surface area contributed by atoms with Crippen molar-refractivity contribution in [2.75, 3.05) is 18.0 Å². The lowest BCUT2D eigenvalue weighted by atomic mass is 10.2. The first-order valence-corrected chi connectivity index (χ1v) is 14.1. The van der Waals surface area contributed by atoms with E-state index in [0.29, 0.717) is 17.9 Å². The number of hydrogen-bond donors (Lipinski definition) is 1. The molecule has 0 spiro atoms. The van der Waals surface area contributed by atoms with Crippen LogP contribution in [0, 0.1) is 6.92 Å². The fourth-order valence-corrected chi connectivity index (χ4v) is 5.38. The van der Waals surface area contributed by atoms with Gasteiger partial charge in [0.15, 0.2) is 0 Å². The maximum absolute atomic E-state index is 13.7. The third-order valence-electron chi connectivity index (χ3n) is 5.85. The number of nitrogens with zero attached hydrogens (tertiary/aromatic N) is 2. The molecule has 0 aliphatic heterocycles. The molecule has 4 rings (SSSR count). The number of ether oxygens (including phenoxy) is 2. The number of halogens is 1. The van der Waals surface area contributed by atoms with Crippen LogP contribution in [0.5, 0.6) is 11.5 Å². The van der Waals surface area contributed by atoms with Crippen LogP contribution in [0.15, 0.2) is 107 Å². The summed E-state index contributed by atoms with van der Waals surface area (Å²) in [6.07, 6.45) is 1.44. The molecule has 8 nitrogen and oxygen atoms in total. The molecule has 1 amide bonds. The minimum atomic E-state index is -4.17. The fraction of sp³-hybridized carbons (Fsp3) is 0.133. The average molecular weight is 578 g/mol. The van der Waals surface area contributed by atoms with E-state index in [1.807, 2.05) is 49.4 Å². The van der Waals surface area contributed by atoms with Crippen molar-refractivity contribution < 1.29 is 22.7 Å². The van der Waals surface area contributed by atoms with Gasteiger partial charge in [-0.2, -0.15) is 5.10 Å². The fourth-order valence-electron chi connectivity index (χ4n) is 3.79. The second kappa shape index (κ2) is 13.1. The Morgan fingerprint density at radius 1 is 0.950 bits per heavy atom. The largest absolute Gasteiger partial charge is 0.495 e. The van der Waals surface area contributed by atoms with E-state index in [-0.39, 0.29) is 21.4 Å². The second-order valence-electron chi connectivity index (χ2n) is 8.75. The number of rotatable bonds is 11. The van der Waals surface area contributed by atoms with Crippen molar-refractivity contribution in [2.24, 2.45) is 5.10 Å². The van der Waals surface area contributed by atoms with Gasteiger partial charge in [-0.15, -0.1) is 0 Å². The maximum atomic E-state index is 13.7. The highest BCUT2D eigenvalue weighted by molar-refractivity contribution is 7.92. The van der Waals surface area contributed by atoms with E-state index in [1.54, 1.807) is 30.3 Å². The third-order valence-corrected chi connectivity index (χ3v) is 7.86. The molecule has 0 aliphatic rings. The molecule has 0 atom stereocenters. The Morgan fingerprint density at radius 2 is 1.65 bits per heavy atom. The molecular formula is C30H28ClN3O5S. The number of amides is 1. The quantitative estimate of drug-likeness (QED) is 0.185. The highest BCUT2D eigenvalue weighted by atomic mass is 35.5. The van der Waals surface area contributed by atoms with Gasteiger partial charge in [0.2, 0.25) is 0 Å². The number of aryl methyl sites for hydroxylation is 1. The molecule has 4 aromatic rings. The Kier molecular flexibility index (Phi) is 9.42. The summed E-state index contributed by atoms with van der Waals surface area (Å²) < 4.78 is 39.6. The molecule has 40 heavy (non-hydrogen) atoms. The molecule has 206 valence electrons. The molecule has 0 bridgehead atoms. The van der Waals surface area contributed by atoms with Crippen LogP contribution >= 0.6 is 11.6 Å². The normalized spacial score (nSPS) is 11.3. The van der Waals surface area contributed by atoms with Crippen LogP contribution in [0.4, 0.5) is 5.69 Å². The summed E-state index contributed by atoms with van der Waals surface area (Å²) in [5.74, 6) is 0.147. The molecule has 0 saturated carbocycles. The van der Waals surface area contributed by atoms with E-state index >= 15 is 0 Å². The van der Waals surface area contributed by atoms with Crippen LogP contribution in [0.2, 0.25) is 5.02 Å². The van der Waals surface area contributed by atoms with Crippen LogP contribution in [0.25, 0.3) is 0 Å². The third kappa shape index (κ3) is 7.19. The van der Waals surface area contributed by atoms with E-state index < -0.39 is 22.5 Å². The van der Waals surface area contributed by atoms with Gasteiger partial charge in [-0.05, 0) is 55.0 Å². The van der Waals surface area contributed by atoms with E-state index in [0.717, 1.165) is 15.4 Å². The molecular weight excluding hydrogens is 550 g/mol. The zero-order valence-corrected chi connectivity index (χ0v) is 23.5. The van der Waals surface area contributed by atoms with Crippen molar-refractivity contribution in [1.82, 2.24) is 5.43 Å². The Hall–Kier alpha value is -4.34. The van der Waals surface area contributed by atoms with Crippen molar-refractivity contribution in [3.63, 3.8) is 0 Å². The standard InChI is InChI=1S/C30H28ClN3O5S/c1-22-12-15-26(16-13-22)40(36,37)34(27-18-25(31)14-17-29(27)38-2)20-30(35)33-32-19-24-10-6-7-11-28(24)39-21-23-8-4-3-5-9-23/h3-19H,20-21H2,1-2H3,(H,33,35)/b32-19-. The number of nitrogens with one attached hydrogen (secondary N) is 1. The first kappa shape index (κ1) is 28.7. The molecule has 0 radical (unpaired) electrons. The zero-order chi connectivity index (χ0) is 28.5. The topological polar surface area (TPSA) is 97.3 Å². The van der Waals surface area contributed by atoms with Crippen LogP contribution in [0.3, 0.4) is 0 Å². The summed E-state index contributed by atoms with van der Waals surface area (Å²) in [6, 6.07) is 27.8. The summed E-state index contributed by atoms with van der Waals surface area (Å²) in [5.41, 5.74) is 5.07. The number of carbonyl (C=O) groups is 1. The van der Waals surface area contributed by atoms with Crippen molar-refractivity contribution >= 4 is 39.4 Å². The number of benzene rings is 4. The summed E-state index contributed by atoms with van der Waals surface area (Å²) >= 11 is 6.19. The highest BCUT2D eigenvalue weighted by Gasteiger charge is 2.29. The van der Waals surface area contributed by atoms with E-state index in [1.165, 1.54) is 37.6 Å². The highest BCUT2D eigenvalue weighted by Crippen LogP contribution is 2.34. The summed E-state index contributed by atoms with van der Waals surface area (Å²) in [7, 11) is -2.76.